The molecule has 3 aliphatic heterocycles. The molecule has 4 rings (SSSR count). The highest BCUT2D eigenvalue weighted by atomic mass is 16.6. The van der Waals surface area contributed by atoms with Crippen LogP contribution in [-0.4, -0.2) is 42.4 Å². The van der Waals surface area contributed by atoms with Crippen LogP contribution in [0, 0.1) is 5.92 Å². The molecule has 1 amide bonds. The van der Waals surface area contributed by atoms with Gasteiger partial charge in [0.05, 0.1) is 18.8 Å². The summed E-state index contributed by atoms with van der Waals surface area (Å²) >= 11 is 0. The van der Waals surface area contributed by atoms with Crippen molar-refractivity contribution in [3.05, 3.63) is 29.3 Å². The van der Waals surface area contributed by atoms with Crippen LogP contribution in [-0.2, 0) is 11.3 Å². The second-order valence-corrected chi connectivity index (χ2v) is 8.66. The molecule has 1 aromatic rings. The number of fused-ring (bicyclic) bond motifs is 2. The number of ether oxygens (including phenoxy) is 1. The molecule has 0 aliphatic carbocycles. The molecule has 0 spiro atoms. The third-order valence-electron chi connectivity index (χ3n) is 5.65. The summed E-state index contributed by atoms with van der Waals surface area (Å²) in [5, 5.41) is 10.2. The standard InChI is InChI=1S/C20H30N4O2/c1-20(2,3)26-19(25)24-17(7-6-15-10-21-11-18(15)24)13-4-5-14-9-22-12-23-16(14)8-13/h4-5,8,15,17-18,21-23H,6-7,9-12H2,1-3H3. The lowest BCUT2D eigenvalue weighted by atomic mass is 9.84. The van der Waals surface area contributed by atoms with Crippen LogP contribution in [0.2, 0.25) is 0 Å². The summed E-state index contributed by atoms with van der Waals surface area (Å²) in [5.41, 5.74) is 3.18. The normalized spacial score (nSPS) is 28.1. The minimum Gasteiger partial charge on any atom is -0.444 e. The van der Waals surface area contributed by atoms with E-state index < -0.39 is 5.60 Å². The second-order valence-electron chi connectivity index (χ2n) is 8.66. The Morgan fingerprint density at radius 3 is 2.85 bits per heavy atom. The van der Waals surface area contributed by atoms with Gasteiger partial charge in [-0.2, -0.15) is 0 Å². The summed E-state index contributed by atoms with van der Waals surface area (Å²) in [4.78, 5) is 15.1. The highest BCUT2D eigenvalue weighted by Gasteiger charge is 2.44. The van der Waals surface area contributed by atoms with E-state index in [9.17, 15) is 4.79 Å². The summed E-state index contributed by atoms with van der Waals surface area (Å²) in [5.74, 6) is 0.527. The van der Waals surface area contributed by atoms with Crippen molar-refractivity contribution in [1.29, 1.82) is 0 Å². The number of piperidine rings is 1. The number of carbonyl (C=O) groups excluding carboxylic acids is 1. The van der Waals surface area contributed by atoms with Crippen molar-refractivity contribution < 1.29 is 9.53 Å². The summed E-state index contributed by atoms with van der Waals surface area (Å²) in [6.07, 6.45) is 1.94. The molecule has 0 bridgehead atoms. The third kappa shape index (κ3) is 3.40. The molecule has 3 heterocycles. The molecule has 6 heteroatoms. The maximum atomic E-state index is 13.1. The Bertz CT molecular complexity index is 685. The van der Waals surface area contributed by atoms with Crippen molar-refractivity contribution >= 4 is 11.8 Å². The highest BCUT2D eigenvalue weighted by Crippen LogP contribution is 2.40. The molecule has 26 heavy (non-hydrogen) atoms. The molecule has 0 aromatic heterocycles. The van der Waals surface area contributed by atoms with Gasteiger partial charge in [-0.3, -0.25) is 10.2 Å². The van der Waals surface area contributed by atoms with Crippen molar-refractivity contribution in [2.45, 2.75) is 57.8 Å². The number of likely N-dealkylation sites (tertiary alicyclic amines) is 1. The Kier molecular flexibility index (Phi) is 4.57. The highest BCUT2D eigenvalue weighted by molar-refractivity contribution is 5.70. The smallest absolute Gasteiger partial charge is 0.411 e. The van der Waals surface area contributed by atoms with Gasteiger partial charge >= 0.3 is 6.09 Å². The molecule has 0 radical (unpaired) electrons. The second kappa shape index (κ2) is 6.74. The molecular formula is C20H30N4O2. The maximum absolute atomic E-state index is 13.1. The molecular weight excluding hydrogens is 328 g/mol. The molecule has 3 aliphatic rings. The van der Waals surface area contributed by atoms with Crippen molar-refractivity contribution in [2.75, 3.05) is 25.1 Å². The maximum Gasteiger partial charge on any atom is 0.411 e. The summed E-state index contributed by atoms with van der Waals surface area (Å²) in [6, 6.07) is 6.87. The molecule has 1 aromatic carbocycles. The first-order chi connectivity index (χ1) is 12.4. The summed E-state index contributed by atoms with van der Waals surface area (Å²) in [7, 11) is 0. The van der Waals surface area contributed by atoms with Gasteiger partial charge in [-0.25, -0.2) is 4.79 Å². The topological polar surface area (TPSA) is 65.6 Å². The van der Waals surface area contributed by atoms with Gasteiger partial charge in [-0.05, 0) is 56.7 Å². The third-order valence-corrected chi connectivity index (χ3v) is 5.65. The number of nitrogens with zero attached hydrogens (tertiary/aromatic N) is 1. The van der Waals surface area contributed by atoms with Gasteiger partial charge < -0.3 is 15.4 Å². The first kappa shape index (κ1) is 17.6. The fraction of sp³-hybridized carbons (Fsp3) is 0.650. The van der Waals surface area contributed by atoms with Crippen molar-refractivity contribution in [3.63, 3.8) is 0 Å². The Hall–Kier alpha value is -1.79. The number of benzene rings is 1. The average Bonchev–Trinajstić information content (AvgIpc) is 3.07. The lowest BCUT2D eigenvalue weighted by Crippen LogP contribution is -2.51. The summed E-state index contributed by atoms with van der Waals surface area (Å²) < 4.78 is 5.78. The Morgan fingerprint density at radius 2 is 2.04 bits per heavy atom. The molecule has 3 unspecified atom stereocenters. The van der Waals surface area contributed by atoms with Crippen LogP contribution in [0.15, 0.2) is 18.2 Å². The van der Waals surface area contributed by atoms with E-state index in [1.165, 1.54) is 16.8 Å². The lowest BCUT2D eigenvalue weighted by Gasteiger charge is -2.44. The van der Waals surface area contributed by atoms with Crippen LogP contribution in [0.3, 0.4) is 0 Å². The number of nitrogens with one attached hydrogen (secondary N) is 3. The van der Waals surface area contributed by atoms with E-state index >= 15 is 0 Å². The van der Waals surface area contributed by atoms with Gasteiger partial charge in [0, 0.05) is 25.3 Å². The molecule has 2 saturated heterocycles. The fourth-order valence-corrected chi connectivity index (χ4v) is 4.46. The molecule has 3 N–H and O–H groups in total. The molecule has 0 saturated carbocycles. The number of anilines is 1. The molecule has 6 nitrogen and oxygen atoms in total. The number of hydrogen-bond acceptors (Lipinski definition) is 5. The van der Waals surface area contributed by atoms with E-state index in [1.54, 1.807) is 0 Å². The zero-order valence-electron chi connectivity index (χ0n) is 16.0. The van der Waals surface area contributed by atoms with E-state index in [4.69, 9.17) is 4.74 Å². The van der Waals surface area contributed by atoms with E-state index in [0.717, 1.165) is 39.1 Å². The minimum atomic E-state index is -0.482. The monoisotopic (exact) mass is 358 g/mol. The van der Waals surface area contributed by atoms with E-state index in [2.05, 4.69) is 34.1 Å². The van der Waals surface area contributed by atoms with Gasteiger partial charge in [0.2, 0.25) is 0 Å². The molecule has 2 fully saturated rings. The van der Waals surface area contributed by atoms with Crippen molar-refractivity contribution in [3.8, 4) is 0 Å². The van der Waals surface area contributed by atoms with Crippen LogP contribution >= 0.6 is 0 Å². The molecule has 142 valence electrons. The van der Waals surface area contributed by atoms with Gasteiger partial charge in [0.25, 0.3) is 0 Å². The van der Waals surface area contributed by atoms with Crippen molar-refractivity contribution in [2.24, 2.45) is 5.92 Å². The number of carbonyl (C=O) groups is 1. The predicted molar refractivity (Wildman–Crippen MR) is 102 cm³/mol. The zero-order chi connectivity index (χ0) is 18.3. The molecule has 3 atom stereocenters. The lowest BCUT2D eigenvalue weighted by molar-refractivity contribution is -0.0107. The Balaban J connectivity index is 1.65. The largest absolute Gasteiger partial charge is 0.444 e. The van der Waals surface area contributed by atoms with E-state index in [1.807, 2.05) is 25.7 Å². The van der Waals surface area contributed by atoms with Crippen LogP contribution in [0.1, 0.15) is 50.8 Å². The van der Waals surface area contributed by atoms with Crippen LogP contribution in [0.25, 0.3) is 0 Å². The number of hydrogen-bond donors (Lipinski definition) is 3. The van der Waals surface area contributed by atoms with Gasteiger partial charge in [-0.1, -0.05) is 12.1 Å². The first-order valence-corrected chi connectivity index (χ1v) is 9.72. The number of rotatable bonds is 1. The van der Waals surface area contributed by atoms with E-state index in [0.29, 0.717) is 5.92 Å². The van der Waals surface area contributed by atoms with E-state index in [-0.39, 0.29) is 18.2 Å². The first-order valence-electron chi connectivity index (χ1n) is 9.72. The fourth-order valence-electron chi connectivity index (χ4n) is 4.46. The predicted octanol–water partition coefficient (Wildman–Crippen LogP) is 2.82. The Morgan fingerprint density at radius 1 is 1.19 bits per heavy atom. The SMILES string of the molecule is CC(C)(C)OC(=O)N1C(c2ccc3c(c2)NCNC3)CCC2CNCC21. The number of amides is 1. The average molecular weight is 358 g/mol. The Labute approximate surface area is 155 Å². The van der Waals surface area contributed by atoms with Gasteiger partial charge in [-0.15, -0.1) is 0 Å². The zero-order valence-corrected chi connectivity index (χ0v) is 16.0. The summed E-state index contributed by atoms with van der Waals surface area (Å²) in [6.45, 7) is 9.32. The minimum absolute atomic E-state index is 0.0768. The van der Waals surface area contributed by atoms with Crippen LogP contribution < -0.4 is 16.0 Å². The quantitative estimate of drug-likeness (QED) is 0.720. The van der Waals surface area contributed by atoms with Crippen molar-refractivity contribution in [1.82, 2.24) is 15.5 Å². The van der Waals surface area contributed by atoms with Gasteiger partial charge in [0.15, 0.2) is 0 Å². The van der Waals surface area contributed by atoms with Gasteiger partial charge in [0.1, 0.15) is 5.60 Å². The van der Waals surface area contributed by atoms with Crippen LogP contribution in [0.5, 0.6) is 0 Å². The van der Waals surface area contributed by atoms with Crippen LogP contribution in [0.4, 0.5) is 10.5 Å².